The number of carbonyl (C=O) groups is 1. The molecule has 1 heterocycles. The number of rotatable bonds is 2. The highest BCUT2D eigenvalue weighted by molar-refractivity contribution is 6.30. The molecular weight excluding hydrogens is 214 g/mol. The smallest absolute Gasteiger partial charge is 0.170 e. The number of benzene rings is 1. The second kappa shape index (κ2) is 3.82. The van der Waals surface area contributed by atoms with Crippen molar-refractivity contribution in [2.75, 3.05) is 0 Å². The molecule has 0 N–H and O–H groups in total. The zero-order chi connectivity index (χ0) is 10.8. The summed E-state index contributed by atoms with van der Waals surface area (Å²) in [5.41, 5.74) is 1.78. The highest BCUT2D eigenvalue weighted by atomic mass is 35.5. The minimum absolute atomic E-state index is 0.442. The fourth-order valence-electron chi connectivity index (χ4n) is 1.34. The summed E-state index contributed by atoms with van der Waals surface area (Å²) in [6, 6.07) is 7.16. The van der Waals surface area contributed by atoms with Crippen LogP contribution in [0.4, 0.5) is 0 Å². The van der Waals surface area contributed by atoms with E-state index in [4.69, 9.17) is 11.6 Å². The van der Waals surface area contributed by atoms with Crippen LogP contribution in [-0.4, -0.2) is 21.3 Å². The second-order valence-electron chi connectivity index (χ2n) is 3.08. The van der Waals surface area contributed by atoms with E-state index in [2.05, 4.69) is 10.3 Å². The van der Waals surface area contributed by atoms with E-state index in [0.29, 0.717) is 16.4 Å². The third-order valence-corrected chi connectivity index (χ3v) is 2.31. The van der Waals surface area contributed by atoms with Crippen molar-refractivity contribution >= 4 is 17.9 Å². The molecule has 0 spiro atoms. The summed E-state index contributed by atoms with van der Waals surface area (Å²) in [6.45, 7) is 0. The Morgan fingerprint density at radius 1 is 1.47 bits per heavy atom. The van der Waals surface area contributed by atoms with Crippen molar-refractivity contribution in [1.29, 1.82) is 0 Å². The predicted octanol–water partition coefficient (Wildman–Crippen LogP) is 1.95. The molecule has 2 rings (SSSR count). The van der Waals surface area contributed by atoms with E-state index in [0.717, 1.165) is 11.8 Å². The van der Waals surface area contributed by atoms with Crippen LogP contribution in [0.5, 0.6) is 0 Å². The van der Waals surface area contributed by atoms with Crippen LogP contribution < -0.4 is 0 Å². The van der Waals surface area contributed by atoms with Crippen molar-refractivity contribution in [3.05, 3.63) is 35.0 Å². The lowest BCUT2D eigenvalue weighted by molar-refractivity contribution is 0.111. The van der Waals surface area contributed by atoms with E-state index in [1.54, 1.807) is 25.2 Å². The van der Waals surface area contributed by atoms with Crippen LogP contribution in [0.25, 0.3) is 11.3 Å². The summed E-state index contributed by atoms with van der Waals surface area (Å²) in [5.74, 6) is 0. The number of hydrogen-bond acceptors (Lipinski definition) is 3. The maximum atomic E-state index is 10.8. The molecule has 0 amide bonds. The van der Waals surface area contributed by atoms with Gasteiger partial charge in [-0.15, -0.1) is 5.10 Å². The predicted molar refractivity (Wildman–Crippen MR) is 56.8 cm³/mol. The van der Waals surface area contributed by atoms with Gasteiger partial charge in [-0.1, -0.05) is 28.9 Å². The Hall–Kier alpha value is -1.68. The van der Waals surface area contributed by atoms with Crippen LogP contribution in [0.3, 0.4) is 0 Å². The van der Waals surface area contributed by atoms with Crippen LogP contribution in [0, 0.1) is 0 Å². The van der Waals surface area contributed by atoms with Gasteiger partial charge in [-0.05, 0) is 12.1 Å². The van der Waals surface area contributed by atoms with E-state index in [-0.39, 0.29) is 0 Å². The van der Waals surface area contributed by atoms with Crippen molar-refractivity contribution < 1.29 is 4.79 Å². The monoisotopic (exact) mass is 221 g/mol. The lowest BCUT2D eigenvalue weighted by Gasteiger charge is -1.98. The van der Waals surface area contributed by atoms with Gasteiger partial charge >= 0.3 is 0 Å². The van der Waals surface area contributed by atoms with Gasteiger partial charge in [-0.3, -0.25) is 4.79 Å². The van der Waals surface area contributed by atoms with E-state index < -0.39 is 0 Å². The fourth-order valence-corrected chi connectivity index (χ4v) is 1.53. The first-order valence-corrected chi connectivity index (χ1v) is 4.71. The van der Waals surface area contributed by atoms with Crippen LogP contribution in [-0.2, 0) is 7.05 Å². The summed E-state index contributed by atoms with van der Waals surface area (Å²) >= 11 is 5.85. The molecule has 0 saturated heterocycles. The number of aldehydes is 1. The van der Waals surface area contributed by atoms with Crippen molar-refractivity contribution in [3.63, 3.8) is 0 Å². The van der Waals surface area contributed by atoms with Gasteiger partial charge in [0.2, 0.25) is 0 Å². The van der Waals surface area contributed by atoms with E-state index in [9.17, 15) is 4.79 Å². The van der Waals surface area contributed by atoms with Gasteiger partial charge in [0, 0.05) is 17.6 Å². The zero-order valence-corrected chi connectivity index (χ0v) is 8.77. The van der Waals surface area contributed by atoms with Gasteiger partial charge < -0.3 is 0 Å². The van der Waals surface area contributed by atoms with Crippen LogP contribution in [0.2, 0.25) is 5.02 Å². The SMILES string of the molecule is Cn1nnc(-c2cccc(Cl)c2)c1C=O. The van der Waals surface area contributed by atoms with Crippen LogP contribution in [0.15, 0.2) is 24.3 Å². The average molecular weight is 222 g/mol. The minimum atomic E-state index is 0.442. The lowest BCUT2D eigenvalue weighted by atomic mass is 10.1. The van der Waals surface area contributed by atoms with E-state index >= 15 is 0 Å². The Morgan fingerprint density at radius 2 is 2.27 bits per heavy atom. The third kappa shape index (κ3) is 1.76. The standard InChI is InChI=1S/C10H8ClN3O/c1-14-9(6-15)10(12-13-14)7-3-2-4-8(11)5-7/h2-6H,1H3. The van der Waals surface area contributed by atoms with Gasteiger partial charge in [-0.25, -0.2) is 4.68 Å². The molecule has 0 fully saturated rings. The molecule has 0 aliphatic heterocycles. The Balaban J connectivity index is 2.58. The normalized spacial score (nSPS) is 10.3. The average Bonchev–Trinajstić information content (AvgIpc) is 2.59. The summed E-state index contributed by atoms with van der Waals surface area (Å²) in [6.07, 6.45) is 0.732. The Kier molecular flexibility index (Phi) is 2.51. The summed E-state index contributed by atoms with van der Waals surface area (Å²) in [5, 5.41) is 8.31. The summed E-state index contributed by atoms with van der Waals surface area (Å²) in [7, 11) is 1.67. The molecular formula is C10H8ClN3O. The largest absolute Gasteiger partial charge is 0.296 e. The Bertz CT molecular complexity index is 507. The molecule has 76 valence electrons. The molecule has 0 aliphatic carbocycles. The van der Waals surface area contributed by atoms with Gasteiger partial charge in [0.1, 0.15) is 11.4 Å². The highest BCUT2D eigenvalue weighted by Gasteiger charge is 2.11. The number of nitrogens with zero attached hydrogens (tertiary/aromatic N) is 3. The molecule has 1 aromatic heterocycles. The maximum absolute atomic E-state index is 10.8. The summed E-state index contributed by atoms with van der Waals surface area (Å²) < 4.78 is 1.43. The van der Waals surface area contributed by atoms with E-state index in [1.165, 1.54) is 4.68 Å². The Labute approximate surface area is 91.5 Å². The molecule has 0 aliphatic rings. The van der Waals surface area contributed by atoms with Crippen molar-refractivity contribution in [1.82, 2.24) is 15.0 Å². The van der Waals surface area contributed by atoms with Crippen LogP contribution >= 0.6 is 11.6 Å². The molecule has 4 nitrogen and oxygen atoms in total. The third-order valence-electron chi connectivity index (χ3n) is 2.08. The van der Waals surface area contributed by atoms with Crippen molar-refractivity contribution in [2.24, 2.45) is 7.05 Å². The number of carbonyl (C=O) groups excluding carboxylic acids is 1. The van der Waals surface area contributed by atoms with Gasteiger partial charge in [0.15, 0.2) is 6.29 Å². The first-order chi connectivity index (χ1) is 7.22. The maximum Gasteiger partial charge on any atom is 0.170 e. The molecule has 0 bridgehead atoms. The minimum Gasteiger partial charge on any atom is -0.296 e. The fraction of sp³-hybridized carbons (Fsp3) is 0.100. The van der Waals surface area contributed by atoms with E-state index in [1.807, 2.05) is 6.07 Å². The highest BCUT2D eigenvalue weighted by Crippen LogP contribution is 2.22. The lowest BCUT2D eigenvalue weighted by Crippen LogP contribution is -1.96. The first kappa shape index (κ1) is 9.86. The number of hydrogen-bond donors (Lipinski definition) is 0. The second-order valence-corrected chi connectivity index (χ2v) is 3.51. The van der Waals surface area contributed by atoms with Gasteiger partial charge in [-0.2, -0.15) is 0 Å². The zero-order valence-electron chi connectivity index (χ0n) is 8.01. The number of aryl methyl sites for hydroxylation is 1. The van der Waals surface area contributed by atoms with Crippen molar-refractivity contribution in [3.8, 4) is 11.3 Å². The van der Waals surface area contributed by atoms with Crippen LogP contribution in [0.1, 0.15) is 10.5 Å². The molecule has 0 atom stereocenters. The topological polar surface area (TPSA) is 47.8 Å². The van der Waals surface area contributed by atoms with Crippen molar-refractivity contribution in [2.45, 2.75) is 0 Å². The van der Waals surface area contributed by atoms with Gasteiger partial charge in [0.05, 0.1) is 0 Å². The first-order valence-electron chi connectivity index (χ1n) is 4.33. The molecule has 2 aromatic rings. The molecule has 0 saturated carbocycles. The van der Waals surface area contributed by atoms with Gasteiger partial charge in [0.25, 0.3) is 0 Å². The molecule has 5 heteroatoms. The Morgan fingerprint density at radius 3 is 2.93 bits per heavy atom. The summed E-state index contributed by atoms with van der Waals surface area (Å²) in [4.78, 5) is 10.8. The quantitative estimate of drug-likeness (QED) is 0.729. The number of aromatic nitrogens is 3. The molecule has 0 radical (unpaired) electrons. The molecule has 1 aromatic carbocycles. The number of halogens is 1. The molecule has 15 heavy (non-hydrogen) atoms. The molecule has 0 unspecified atom stereocenters.